The number of likely N-dealkylation sites (tertiary alicyclic amines) is 1. The molecule has 3 rings (SSSR count). The zero-order chi connectivity index (χ0) is 15.5. The van der Waals surface area contributed by atoms with E-state index in [0.717, 1.165) is 31.5 Å². The summed E-state index contributed by atoms with van der Waals surface area (Å²) in [6.07, 6.45) is 2.08. The number of hydrogen-bond acceptors (Lipinski definition) is 2. The minimum Gasteiger partial charge on any atom is -0.339 e. The third kappa shape index (κ3) is 2.80. The van der Waals surface area contributed by atoms with Crippen LogP contribution in [0, 0.1) is 6.92 Å². The summed E-state index contributed by atoms with van der Waals surface area (Å²) < 4.78 is 0. The van der Waals surface area contributed by atoms with E-state index in [9.17, 15) is 9.59 Å². The van der Waals surface area contributed by atoms with Crippen LogP contribution in [0.3, 0.4) is 0 Å². The summed E-state index contributed by atoms with van der Waals surface area (Å²) in [5.41, 5.74) is 2.73. The van der Waals surface area contributed by atoms with E-state index in [2.05, 4.69) is 0 Å². The van der Waals surface area contributed by atoms with Crippen molar-refractivity contribution in [2.24, 2.45) is 0 Å². The number of ketones is 1. The number of hydrogen-bond donors (Lipinski definition) is 0. The first-order valence-electron chi connectivity index (χ1n) is 7.66. The van der Waals surface area contributed by atoms with E-state index < -0.39 is 0 Å². The molecule has 0 bridgehead atoms. The number of benzene rings is 2. The lowest BCUT2D eigenvalue weighted by Gasteiger charge is -2.17. The predicted molar refractivity (Wildman–Crippen MR) is 86.2 cm³/mol. The van der Waals surface area contributed by atoms with Gasteiger partial charge < -0.3 is 4.90 Å². The molecule has 0 atom stereocenters. The summed E-state index contributed by atoms with van der Waals surface area (Å²) >= 11 is 0. The lowest BCUT2D eigenvalue weighted by Crippen LogP contribution is -2.29. The molecular weight excluding hydrogens is 274 g/mol. The first-order chi connectivity index (χ1) is 10.7. The van der Waals surface area contributed by atoms with Gasteiger partial charge in [0.25, 0.3) is 5.91 Å². The van der Waals surface area contributed by atoms with E-state index in [4.69, 9.17) is 0 Å². The van der Waals surface area contributed by atoms with Gasteiger partial charge in [-0.15, -0.1) is 0 Å². The van der Waals surface area contributed by atoms with E-state index in [0.29, 0.717) is 16.7 Å². The molecule has 0 N–H and O–H groups in total. The molecule has 1 aliphatic rings. The van der Waals surface area contributed by atoms with Crippen LogP contribution in [0.4, 0.5) is 0 Å². The second-order valence-corrected chi connectivity index (χ2v) is 5.74. The summed E-state index contributed by atoms with van der Waals surface area (Å²) in [4.78, 5) is 27.2. The molecule has 0 aromatic heterocycles. The Morgan fingerprint density at radius 1 is 0.864 bits per heavy atom. The van der Waals surface area contributed by atoms with Gasteiger partial charge in [0, 0.05) is 24.2 Å². The summed E-state index contributed by atoms with van der Waals surface area (Å²) in [6.45, 7) is 3.55. The van der Waals surface area contributed by atoms with Crippen LogP contribution in [-0.2, 0) is 0 Å². The molecule has 0 radical (unpaired) electrons. The van der Waals surface area contributed by atoms with Crippen LogP contribution in [0.25, 0.3) is 0 Å². The van der Waals surface area contributed by atoms with E-state index in [1.165, 1.54) is 0 Å². The fourth-order valence-electron chi connectivity index (χ4n) is 2.82. The zero-order valence-electron chi connectivity index (χ0n) is 12.7. The van der Waals surface area contributed by atoms with Crippen molar-refractivity contribution in [2.75, 3.05) is 13.1 Å². The fourth-order valence-corrected chi connectivity index (χ4v) is 2.82. The monoisotopic (exact) mass is 293 g/mol. The topological polar surface area (TPSA) is 37.4 Å². The Bertz CT molecular complexity index is 698. The van der Waals surface area contributed by atoms with E-state index in [1.807, 2.05) is 48.2 Å². The maximum absolute atomic E-state index is 12.7. The van der Waals surface area contributed by atoms with Gasteiger partial charge in [0.05, 0.1) is 5.56 Å². The second-order valence-electron chi connectivity index (χ2n) is 5.74. The van der Waals surface area contributed by atoms with Crippen molar-refractivity contribution in [3.8, 4) is 0 Å². The highest BCUT2D eigenvalue weighted by molar-refractivity contribution is 6.15. The summed E-state index contributed by atoms with van der Waals surface area (Å²) in [5, 5.41) is 0. The molecule has 0 aliphatic carbocycles. The number of carbonyl (C=O) groups excluding carboxylic acids is 2. The van der Waals surface area contributed by atoms with E-state index in [1.54, 1.807) is 12.1 Å². The third-order valence-corrected chi connectivity index (χ3v) is 4.11. The molecule has 2 aromatic rings. The highest BCUT2D eigenvalue weighted by Crippen LogP contribution is 2.19. The van der Waals surface area contributed by atoms with Gasteiger partial charge in [0.2, 0.25) is 0 Å². The molecule has 0 spiro atoms. The molecule has 3 heteroatoms. The molecule has 112 valence electrons. The van der Waals surface area contributed by atoms with Gasteiger partial charge in [-0.05, 0) is 25.8 Å². The summed E-state index contributed by atoms with van der Waals surface area (Å²) in [7, 11) is 0. The van der Waals surface area contributed by atoms with Gasteiger partial charge >= 0.3 is 0 Å². The Morgan fingerprint density at radius 3 is 2.09 bits per heavy atom. The van der Waals surface area contributed by atoms with Crippen LogP contribution in [0.5, 0.6) is 0 Å². The van der Waals surface area contributed by atoms with Gasteiger partial charge in [0.1, 0.15) is 0 Å². The van der Waals surface area contributed by atoms with Crippen molar-refractivity contribution >= 4 is 11.7 Å². The Hall–Kier alpha value is -2.42. The van der Waals surface area contributed by atoms with Crippen LogP contribution < -0.4 is 0 Å². The molecule has 1 heterocycles. The highest BCUT2D eigenvalue weighted by atomic mass is 16.2. The minimum absolute atomic E-state index is 0.0337. The van der Waals surface area contributed by atoms with Crippen LogP contribution in [0.15, 0.2) is 48.5 Å². The lowest BCUT2D eigenvalue weighted by atomic mass is 9.97. The minimum atomic E-state index is -0.0943. The second kappa shape index (κ2) is 6.14. The Morgan fingerprint density at radius 2 is 1.45 bits per heavy atom. The summed E-state index contributed by atoms with van der Waals surface area (Å²) in [5.74, 6) is -0.128. The number of amides is 1. The van der Waals surface area contributed by atoms with Crippen LogP contribution in [-0.4, -0.2) is 29.7 Å². The first-order valence-corrected chi connectivity index (χ1v) is 7.66. The van der Waals surface area contributed by atoms with Crippen molar-refractivity contribution < 1.29 is 9.59 Å². The predicted octanol–water partition coefficient (Wildman–Crippen LogP) is 3.46. The largest absolute Gasteiger partial charge is 0.339 e. The van der Waals surface area contributed by atoms with Crippen LogP contribution >= 0.6 is 0 Å². The molecule has 1 fully saturated rings. The first kappa shape index (κ1) is 14.5. The fraction of sp³-hybridized carbons (Fsp3) is 0.263. The Labute approximate surface area is 130 Å². The van der Waals surface area contributed by atoms with E-state index >= 15 is 0 Å². The Balaban J connectivity index is 1.95. The van der Waals surface area contributed by atoms with Crippen molar-refractivity contribution in [1.82, 2.24) is 4.90 Å². The highest BCUT2D eigenvalue weighted by Gasteiger charge is 2.24. The molecule has 2 aromatic carbocycles. The van der Waals surface area contributed by atoms with Crippen LogP contribution in [0.2, 0.25) is 0 Å². The standard InChI is InChI=1S/C19H19NO2/c1-14-8-10-15(11-9-14)18(21)16-6-2-3-7-17(16)19(22)20-12-4-5-13-20/h2-3,6-11H,4-5,12-13H2,1H3. The number of carbonyl (C=O) groups is 2. The summed E-state index contributed by atoms with van der Waals surface area (Å²) in [6, 6.07) is 14.6. The SMILES string of the molecule is Cc1ccc(C(=O)c2ccccc2C(=O)N2CCCC2)cc1. The molecule has 3 nitrogen and oxygen atoms in total. The van der Waals surface area contributed by atoms with Gasteiger partial charge in [-0.25, -0.2) is 0 Å². The van der Waals surface area contributed by atoms with Crippen molar-refractivity contribution in [1.29, 1.82) is 0 Å². The quantitative estimate of drug-likeness (QED) is 0.813. The maximum Gasteiger partial charge on any atom is 0.254 e. The molecule has 0 unspecified atom stereocenters. The van der Waals surface area contributed by atoms with Gasteiger partial charge in [-0.3, -0.25) is 9.59 Å². The van der Waals surface area contributed by atoms with Crippen molar-refractivity contribution in [2.45, 2.75) is 19.8 Å². The molecule has 22 heavy (non-hydrogen) atoms. The van der Waals surface area contributed by atoms with Crippen molar-refractivity contribution in [3.63, 3.8) is 0 Å². The normalized spacial score (nSPS) is 14.1. The molecule has 1 saturated heterocycles. The number of rotatable bonds is 3. The third-order valence-electron chi connectivity index (χ3n) is 4.11. The Kier molecular flexibility index (Phi) is 4.05. The van der Waals surface area contributed by atoms with Gasteiger partial charge in [-0.2, -0.15) is 0 Å². The molecular formula is C19H19NO2. The number of nitrogens with zero attached hydrogens (tertiary/aromatic N) is 1. The molecule has 1 amide bonds. The zero-order valence-corrected chi connectivity index (χ0v) is 12.7. The average Bonchev–Trinajstić information content (AvgIpc) is 3.09. The lowest BCUT2D eigenvalue weighted by molar-refractivity contribution is 0.0788. The van der Waals surface area contributed by atoms with Gasteiger partial charge in [0.15, 0.2) is 5.78 Å². The van der Waals surface area contributed by atoms with E-state index in [-0.39, 0.29) is 11.7 Å². The molecule has 1 aliphatic heterocycles. The smallest absolute Gasteiger partial charge is 0.254 e. The van der Waals surface area contributed by atoms with Crippen LogP contribution in [0.1, 0.15) is 44.7 Å². The maximum atomic E-state index is 12.7. The average molecular weight is 293 g/mol. The van der Waals surface area contributed by atoms with Crippen molar-refractivity contribution in [3.05, 3.63) is 70.8 Å². The number of aryl methyl sites for hydroxylation is 1. The van der Waals surface area contributed by atoms with Gasteiger partial charge in [-0.1, -0.05) is 48.0 Å². The molecule has 0 saturated carbocycles.